The van der Waals surface area contributed by atoms with Crippen LogP contribution in [0.3, 0.4) is 0 Å². The van der Waals surface area contributed by atoms with Gasteiger partial charge >= 0.3 is 0 Å². The van der Waals surface area contributed by atoms with Crippen LogP contribution in [0.4, 0.5) is 5.82 Å². The van der Waals surface area contributed by atoms with Crippen LogP contribution in [-0.2, 0) is 6.42 Å². The van der Waals surface area contributed by atoms with Crippen molar-refractivity contribution in [2.75, 3.05) is 24.5 Å². The molecule has 1 aromatic rings. The molecule has 0 radical (unpaired) electrons. The lowest BCUT2D eigenvalue weighted by Gasteiger charge is -2.26. The molecule has 0 saturated carbocycles. The summed E-state index contributed by atoms with van der Waals surface area (Å²) < 4.78 is 0. The standard InChI is InChI=1S/C10H18N4/c11-5-4-9-8-10(13-12-9)14-6-2-1-3-7-14/h8H,1-7,11H2,(H,12,13). The second-order valence-electron chi connectivity index (χ2n) is 3.84. The molecular formula is C10H18N4. The Morgan fingerprint density at radius 1 is 1.36 bits per heavy atom. The van der Waals surface area contributed by atoms with E-state index in [1.54, 1.807) is 0 Å². The maximum absolute atomic E-state index is 5.49. The summed E-state index contributed by atoms with van der Waals surface area (Å²) in [6.07, 6.45) is 4.83. The molecule has 0 amide bonds. The van der Waals surface area contributed by atoms with Gasteiger partial charge in [0.05, 0.1) is 0 Å². The third kappa shape index (κ3) is 2.07. The van der Waals surface area contributed by atoms with Crippen molar-refractivity contribution in [3.8, 4) is 0 Å². The number of hydrogen-bond donors (Lipinski definition) is 2. The van der Waals surface area contributed by atoms with Crippen molar-refractivity contribution in [2.45, 2.75) is 25.7 Å². The number of anilines is 1. The molecule has 0 aromatic carbocycles. The molecule has 1 aromatic heterocycles. The Hall–Kier alpha value is -1.03. The van der Waals surface area contributed by atoms with Gasteiger partial charge in [0.25, 0.3) is 0 Å². The predicted octanol–water partition coefficient (Wildman–Crippen LogP) is 0.901. The van der Waals surface area contributed by atoms with Crippen molar-refractivity contribution in [1.29, 1.82) is 0 Å². The zero-order valence-electron chi connectivity index (χ0n) is 8.50. The molecule has 2 rings (SSSR count). The van der Waals surface area contributed by atoms with Gasteiger partial charge in [0.1, 0.15) is 0 Å². The first kappa shape index (κ1) is 9.52. The molecule has 0 bridgehead atoms. The highest BCUT2D eigenvalue weighted by Crippen LogP contribution is 2.17. The van der Waals surface area contributed by atoms with Gasteiger partial charge in [-0.25, -0.2) is 0 Å². The molecule has 0 unspecified atom stereocenters. The number of aromatic amines is 1. The van der Waals surface area contributed by atoms with Gasteiger partial charge in [0.2, 0.25) is 0 Å². The minimum Gasteiger partial charge on any atom is -0.355 e. The first-order valence-corrected chi connectivity index (χ1v) is 5.39. The molecule has 3 N–H and O–H groups in total. The number of piperidine rings is 1. The number of nitrogens with one attached hydrogen (secondary N) is 1. The Labute approximate surface area is 84.5 Å². The van der Waals surface area contributed by atoms with Crippen molar-refractivity contribution in [2.24, 2.45) is 5.73 Å². The van der Waals surface area contributed by atoms with Crippen molar-refractivity contribution >= 4 is 5.82 Å². The highest BCUT2D eigenvalue weighted by molar-refractivity contribution is 5.39. The van der Waals surface area contributed by atoms with E-state index in [0.717, 1.165) is 31.0 Å². The first-order chi connectivity index (χ1) is 6.90. The lowest BCUT2D eigenvalue weighted by Crippen LogP contribution is -2.29. The van der Waals surface area contributed by atoms with E-state index in [0.29, 0.717) is 6.54 Å². The minimum absolute atomic E-state index is 0.682. The molecule has 1 aliphatic rings. The average Bonchev–Trinajstić information content (AvgIpc) is 2.68. The molecule has 2 heterocycles. The van der Waals surface area contributed by atoms with Crippen molar-refractivity contribution in [3.05, 3.63) is 11.8 Å². The summed E-state index contributed by atoms with van der Waals surface area (Å²) in [7, 11) is 0. The van der Waals surface area contributed by atoms with E-state index < -0.39 is 0 Å². The van der Waals surface area contributed by atoms with Gasteiger partial charge in [-0.1, -0.05) is 0 Å². The van der Waals surface area contributed by atoms with Gasteiger partial charge in [0, 0.05) is 31.3 Å². The first-order valence-electron chi connectivity index (χ1n) is 5.39. The van der Waals surface area contributed by atoms with Crippen LogP contribution in [-0.4, -0.2) is 29.8 Å². The smallest absolute Gasteiger partial charge is 0.150 e. The molecule has 1 saturated heterocycles. The topological polar surface area (TPSA) is 57.9 Å². The summed E-state index contributed by atoms with van der Waals surface area (Å²) in [5.74, 6) is 1.09. The Morgan fingerprint density at radius 3 is 2.86 bits per heavy atom. The highest BCUT2D eigenvalue weighted by atomic mass is 15.3. The maximum Gasteiger partial charge on any atom is 0.150 e. The van der Waals surface area contributed by atoms with Gasteiger partial charge in [-0.05, 0) is 25.8 Å². The van der Waals surface area contributed by atoms with Gasteiger partial charge in [-0.3, -0.25) is 5.10 Å². The fourth-order valence-electron chi connectivity index (χ4n) is 1.92. The van der Waals surface area contributed by atoms with Gasteiger partial charge in [-0.2, -0.15) is 5.10 Å². The Balaban J connectivity index is 2.00. The number of H-pyrrole nitrogens is 1. The number of nitrogens with zero attached hydrogens (tertiary/aromatic N) is 2. The SMILES string of the molecule is NCCc1cc(N2CCCCC2)n[nH]1. The zero-order chi connectivity index (χ0) is 9.80. The highest BCUT2D eigenvalue weighted by Gasteiger charge is 2.13. The largest absolute Gasteiger partial charge is 0.355 e. The van der Waals surface area contributed by atoms with E-state index in [1.165, 1.54) is 19.3 Å². The molecule has 4 nitrogen and oxygen atoms in total. The molecule has 0 atom stereocenters. The van der Waals surface area contributed by atoms with Crippen LogP contribution in [0.25, 0.3) is 0 Å². The minimum atomic E-state index is 0.682. The fraction of sp³-hybridized carbons (Fsp3) is 0.700. The van der Waals surface area contributed by atoms with E-state index >= 15 is 0 Å². The van der Waals surface area contributed by atoms with Crippen LogP contribution in [0.15, 0.2) is 6.07 Å². The third-order valence-electron chi connectivity index (χ3n) is 2.71. The third-order valence-corrected chi connectivity index (χ3v) is 2.71. The second-order valence-corrected chi connectivity index (χ2v) is 3.84. The van der Waals surface area contributed by atoms with E-state index in [1.807, 2.05) is 0 Å². The van der Waals surface area contributed by atoms with Crippen LogP contribution in [0.5, 0.6) is 0 Å². The van der Waals surface area contributed by atoms with E-state index in [2.05, 4.69) is 21.2 Å². The van der Waals surface area contributed by atoms with Gasteiger partial charge < -0.3 is 10.6 Å². The molecule has 0 spiro atoms. The molecule has 78 valence electrons. The normalized spacial score (nSPS) is 17.4. The number of aromatic nitrogens is 2. The Kier molecular flexibility index (Phi) is 3.03. The second kappa shape index (κ2) is 4.46. The Bertz CT molecular complexity index is 275. The van der Waals surface area contributed by atoms with Crippen molar-refractivity contribution < 1.29 is 0 Å². The predicted molar refractivity (Wildman–Crippen MR) is 57.4 cm³/mol. The maximum atomic E-state index is 5.49. The summed E-state index contributed by atoms with van der Waals surface area (Å²) in [6, 6.07) is 2.12. The molecule has 1 fully saturated rings. The van der Waals surface area contributed by atoms with Crippen LogP contribution >= 0.6 is 0 Å². The van der Waals surface area contributed by atoms with Gasteiger partial charge in [0.15, 0.2) is 5.82 Å². The summed E-state index contributed by atoms with van der Waals surface area (Å²) in [5.41, 5.74) is 6.63. The van der Waals surface area contributed by atoms with Crippen LogP contribution in [0.1, 0.15) is 25.0 Å². The van der Waals surface area contributed by atoms with Crippen LogP contribution in [0.2, 0.25) is 0 Å². The summed E-state index contributed by atoms with van der Waals surface area (Å²) in [6.45, 7) is 2.97. The van der Waals surface area contributed by atoms with E-state index in [9.17, 15) is 0 Å². The summed E-state index contributed by atoms with van der Waals surface area (Å²) >= 11 is 0. The van der Waals surface area contributed by atoms with Crippen LogP contribution in [0, 0.1) is 0 Å². The van der Waals surface area contributed by atoms with Gasteiger partial charge in [-0.15, -0.1) is 0 Å². The molecule has 1 aliphatic heterocycles. The Morgan fingerprint density at radius 2 is 2.14 bits per heavy atom. The quantitative estimate of drug-likeness (QED) is 0.751. The summed E-state index contributed by atoms with van der Waals surface area (Å²) in [5, 5.41) is 7.34. The molecular weight excluding hydrogens is 176 g/mol. The molecule has 14 heavy (non-hydrogen) atoms. The monoisotopic (exact) mass is 194 g/mol. The number of nitrogens with two attached hydrogens (primary N) is 1. The lowest BCUT2D eigenvalue weighted by molar-refractivity contribution is 0.573. The van der Waals surface area contributed by atoms with Crippen molar-refractivity contribution in [1.82, 2.24) is 10.2 Å². The van der Waals surface area contributed by atoms with E-state index in [4.69, 9.17) is 5.73 Å². The molecule has 0 aliphatic carbocycles. The van der Waals surface area contributed by atoms with Crippen molar-refractivity contribution in [3.63, 3.8) is 0 Å². The number of hydrogen-bond acceptors (Lipinski definition) is 3. The summed E-state index contributed by atoms with van der Waals surface area (Å²) in [4.78, 5) is 2.35. The van der Waals surface area contributed by atoms with E-state index in [-0.39, 0.29) is 0 Å². The fourth-order valence-corrected chi connectivity index (χ4v) is 1.92. The zero-order valence-corrected chi connectivity index (χ0v) is 8.50. The lowest BCUT2D eigenvalue weighted by atomic mass is 10.1. The number of rotatable bonds is 3. The molecule has 4 heteroatoms. The average molecular weight is 194 g/mol. The van der Waals surface area contributed by atoms with Crippen LogP contribution < -0.4 is 10.6 Å².